The lowest BCUT2D eigenvalue weighted by molar-refractivity contribution is 0.447. The third kappa shape index (κ3) is 3.54. The number of benzene rings is 2. The van der Waals surface area contributed by atoms with Gasteiger partial charge in [-0.05, 0) is 60.9 Å². The molecule has 1 aliphatic carbocycles. The highest BCUT2D eigenvalue weighted by Gasteiger charge is 2.22. The predicted octanol–water partition coefficient (Wildman–Crippen LogP) is 6.37. The van der Waals surface area contributed by atoms with E-state index in [1.807, 2.05) is 0 Å². The summed E-state index contributed by atoms with van der Waals surface area (Å²) in [6.07, 6.45) is 4.27. The largest absolute Gasteiger partial charge is 0.206 e. The van der Waals surface area contributed by atoms with E-state index in [4.69, 9.17) is 0 Å². The summed E-state index contributed by atoms with van der Waals surface area (Å²) in [6.45, 7) is 0. The molecule has 0 nitrogen and oxygen atoms in total. The third-order valence-electron chi connectivity index (χ3n) is 4.42. The SMILES string of the molecule is Fc1cc(C2CCC(I)CC2)ccc1-c1cc(F)c(F)c(F)c1. The third-order valence-corrected chi connectivity index (χ3v) is 5.66. The first-order valence-corrected chi connectivity index (χ1v) is 8.78. The van der Waals surface area contributed by atoms with Gasteiger partial charge in [-0.25, -0.2) is 17.6 Å². The molecule has 1 saturated carbocycles. The Hall–Kier alpha value is -1.11. The van der Waals surface area contributed by atoms with Crippen molar-refractivity contribution in [1.82, 2.24) is 0 Å². The number of hydrogen-bond donors (Lipinski definition) is 0. The predicted molar refractivity (Wildman–Crippen MR) is 90.7 cm³/mol. The van der Waals surface area contributed by atoms with Crippen molar-refractivity contribution in [3.05, 3.63) is 59.2 Å². The van der Waals surface area contributed by atoms with Gasteiger partial charge in [0, 0.05) is 9.49 Å². The first kappa shape index (κ1) is 16.7. The molecule has 0 atom stereocenters. The van der Waals surface area contributed by atoms with Crippen LogP contribution in [0, 0.1) is 23.3 Å². The van der Waals surface area contributed by atoms with Gasteiger partial charge in [-0.3, -0.25) is 0 Å². The summed E-state index contributed by atoms with van der Waals surface area (Å²) in [7, 11) is 0. The Morgan fingerprint density at radius 2 is 1.39 bits per heavy atom. The molecule has 5 heteroatoms. The minimum atomic E-state index is -1.54. The van der Waals surface area contributed by atoms with E-state index in [2.05, 4.69) is 22.6 Å². The summed E-state index contributed by atoms with van der Waals surface area (Å²) in [5, 5.41) is 0. The summed E-state index contributed by atoms with van der Waals surface area (Å²) in [6, 6.07) is 6.39. The van der Waals surface area contributed by atoms with Crippen LogP contribution in [0.4, 0.5) is 17.6 Å². The molecule has 3 rings (SSSR count). The summed E-state index contributed by atoms with van der Waals surface area (Å²) in [4.78, 5) is 0. The van der Waals surface area contributed by atoms with Crippen LogP contribution >= 0.6 is 22.6 Å². The topological polar surface area (TPSA) is 0 Å². The van der Waals surface area contributed by atoms with E-state index in [-0.39, 0.29) is 11.1 Å². The van der Waals surface area contributed by atoms with Crippen molar-refractivity contribution in [2.45, 2.75) is 35.5 Å². The molecule has 1 fully saturated rings. The monoisotopic (exact) mass is 434 g/mol. The highest BCUT2D eigenvalue weighted by molar-refractivity contribution is 14.1. The second-order valence-electron chi connectivity index (χ2n) is 5.94. The molecule has 0 radical (unpaired) electrons. The highest BCUT2D eigenvalue weighted by atomic mass is 127. The second kappa shape index (κ2) is 6.79. The summed E-state index contributed by atoms with van der Waals surface area (Å²) in [5.74, 6) is -4.38. The first-order valence-electron chi connectivity index (χ1n) is 7.54. The molecule has 0 unspecified atom stereocenters. The molecule has 1 aliphatic rings. The molecule has 122 valence electrons. The lowest BCUT2D eigenvalue weighted by Crippen LogP contribution is -2.12. The van der Waals surface area contributed by atoms with Crippen LogP contribution in [0.5, 0.6) is 0 Å². The van der Waals surface area contributed by atoms with E-state index in [0.717, 1.165) is 43.4 Å². The number of rotatable bonds is 2. The van der Waals surface area contributed by atoms with Crippen LogP contribution in [-0.4, -0.2) is 3.92 Å². The van der Waals surface area contributed by atoms with Crippen molar-refractivity contribution >= 4 is 22.6 Å². The van der Waals surface area contributed by atoms with E-state index in [0.29, 0.717) is 9.84 Å². The molecule has 0 aliphatic heterocycles. The van der Waals surface area contributed by atoms with Crippen LogP contribution < -0.4 is 0 Å². The fourth-order valence-corrected chi connectivity index (χ4v) is 3.84. The Morgan fingerprint density at radius 3 is 1.96 bits per heavy atom. The van der Waals surface area contributed by atoms with E-state index < -0.39 is 23.3 Å². The summed E-state index contributed by atoms with van der Waals surface area (Å²) in [5.41, 5.74) is 0.994. The standard InChI is InChI=1S/C18H15F4I/c19-15-7-11(10-1-4-13(23)5-2-10)3-6-14(15)12-8-16(20)18(22)17(21)9-12/h3,6-10,13H,1-2,4-5H2. The van der Waals surface area contributed by atoms with Gasteiger partial charge in [0.1, 0.15) is 5.82 Å². The van der Waals surface area contributed by atoms with Gasteiger partial charge in [-0.15, -0.1) is 0 Å². The van der Waals surface area contributed by atoms with Crippen LogP contribution in [-0.2, 0) is 0 Å². The average Bonchev–Trinajstić information content (AvgIpc) is 2.53. The van der Waals surface area contributed by atoms with Crippen LogP contribution in [0.1, 0.15) is 37.2 Å². The highest BCUT2D eigenvalue weighted by Crippen LogP contribution is 2.37. The molecule has 0 spiro atoms. The normalized spacial score (nSPS) is 21.4. The molecule has 2 aromatic rings. The Balaban J connectivity index is 1.91. The van der Waals surface area contributed by atoms with Crippen molar-refractivity contribution in [3.63, 3.8) is 0 Å². The van der Waals surface area contributed by atoms with Crippen LogP contribution in [0.2, 0.25) is 0 Å². The fourth-order valence-electron chi connectivity index (χ4n) is 3.12. The Morgan fingerprint density at radius 1 is 0.783 bits per heavy atom. The molecular formula is C18H15F4I. The van der Waals surface area contributed by atoms with Crippen LogP contribution in [0.3, 0.4) is 0 Å². The number of halogens is 5. The van der Waals surface area contributed by atoms with Crippen LogP contribution in [0.15, 0.2) is 30.3 Å². The van der Waals surface area contributed by atoms with Gasteiger partial charge in [0.05, 0.1) is 0 Å². The average molecular weight is 434 g/mol. The van der Waals surface area contributed by atoms with Crippen molar-refractivity contribution in [2.75, 3.05) is 0 Å². The lowest BCUT2D eigenvalue weighted by atomic mass is 9.83. The maximum absolute atomic E-state index is 14.4. The van der Waals surface area contributed by atoms with Gasteiger partial charge in [0.2, 0.25) is 0 Å². The van der Waals surface area contributed by atoms with Gasteiger partial charge in [-0.2, -0.15) is 0 Å². The zero-order valence-electron chi connectivity index (χ0n) is 12.3. The molecule has 0 heterocycles. The zero-order valence-corrected chi connectivity index (χ0v) is 14.4. The molecule has 23 heavy (non-hydrogen) atoms. The van der Waals surface area contributed by atoms with Crippen molar-refractivity contribution in [1.29, 1.82) is 0 Å². The second-order valence-corrected chi connectivity index (χ2v) is 7.70. The number of hydrogen-bond acceptors (Lipinski definition) is 0. The van der Waals surface area contributed by atoms with Crippen molar-refractivity contribution in [3.8, 4) is 11.1 Å². The van der Waals surface area contributed by atoms with E-state index >= 15 is 0 Å². The maximum Gasteiger partial charge on any atom is 0.194 e. The lowest BCUT2D eigenvalue weighted by Gasteiger charge is -2.25. The van der Waals surface area contributed by atoms with Crippen molar-refractivity contribution in [2.24, 2.45) is 0 Å². The Labute approximate surface area is 146 Å². The van der Waals surface area contributed by atoms with Gasteiger partial charge < -0.3 is 0 Å². The Kier molecular flexibility index (Phi) is 4.94. The molecule has 0 saturated heterocycles. The molecule has 0 N–H and O–H groups in total. The minimum absolute atomic E-state index is 0.00132. The molecule has 0 aromatic heterocycles. The van der Waals surface area contributed by atoms with Gasteiger partial charge >= 0.3 is 0 Å². The smallest absolute Gasteiger partial charge is 0.194 e. The minimum Gasteiger partial charge on any atom is -0.206 e. The molecule has 0 bridgehead atoms. The van der Waals surface area contributed by atoms with E-state index in [9.17, 15) is 17.6 Å². The van der Waals surface area contributed by atoms with E-state index in [1.54, 1.807) is 6.07 Å². The van der Waals surface area contributed by atoms with Gasteiger partial charge in [-0.1, -0.05) is 34.7 Å². The fraction of sp³-hybridized carbons (Fsp3) is 0.333. The molecule has 2 aromatic carbocycles. The van der Waals surface area contributed by atoms with Gasteiger partial charge in [0.15, 0.2) is 17.5 Å². The Bertz CT molecular complexity index is 698. The molecular weight excluding hydrogens is 419 g/mol. The summed E-state index contributed by atoms with van der Waals surface area (Å²) >= 11 is 2.44. The van der Waals surface area contributed by atoms with E-state index in [1.165, 1.54) is 12.1 Å². The number of alkyl halides is 1. The van der Waals surface area contributed by atoms with Gasteiger partial charge in [0.25, 0.3) is 0 Å². The zero-order chi connectivity index (χ0) is 16.6. The first-order chi connectivity index (χ1) is 11.0. The van der Waals surface area contributed by atoms with Crippen LogP contribution in [0.25, 0.3) is 11.1 Å². The quantitative estimate of drug-likeness (QED) is 0.223. The summed E-state index contributed by atoms with van der Waals surface area (Å²) < 4.78 is 54.7. The maximum atomic E-state index is 14.4. The van der Waals surface area contributed by atoms with Crippen molar-refractivity contribution < 1.29 is 17.6 Å². The molecule has 0 amide bonds.